The zero-order valence-corrected chi connectivity index (χ0v) is 11.2. The predicted molar refractivity (Wildman–Crippen MR) is 73.6 cm³/mol. The van der Waals surface area contributed by atoms with Gasteiger partial charge in [0, 0.05) is 26.6 Å². The lowest BCUT2D eigenvalue weighted by molar-refractivity contribution is -0.121. The molecule has 0 bridgehead atoms. The highest BCUT2D eigenvalue weighted by Gasteiger charge is 2.08. The van der Waals surface area contributed by atoms with Crippen molar-refractivity contribution in [1.29, 1.82) is 0 Å². The number of pyridine rings is 1. The number of anilines is 2. The predicted octanol–water partition coefficient (Wildman–Crippen LogP) is -0.0734. The first-order valence-electron chi connectivity index (χ1n) is 6.04. The van der Waals surface area contributed by atoms with Crippen LogP contribution in [0.2, 0.25) is 0 Å². The number of aromatic nitrogens is 1. The average molecular weight is 282 g/mol. The summed E-state index contributed by atoms with van der Waals surface area (Å²) in [5, 5.41) is 14.3. The molecule has 0 fully saturated rings. The molecule has 0 saturated heterocycles. The lowest BCUT2D eigenvalue weighted by Gasteiger charge is -2.09. The molecule has 0 aliphatic rings. The summed E-state index contributed by atoms with van der Waals surface area (Å²) >= 11 is 0. The summed E-state index contributed by atoms with van der Waals surface area (Å²) in [6.07, 6.45) is 0.224. The summed E-state index contributed by atoms with van der Waals surface area (Å²) in [5.41, 5.74) is 5.89. The van der Waals surface area contributed by atoms with Crippen molar-refractivity contribution in [2.75, 3.05) is 37.9 Å². The fourth-order valence-electron chi connectivity index (χ4n) is 1.41. The van der Waals surface area contributed by atoms with E-state index in [2.05, 4.69) is 15.6 Å². The van der Waals surface area contributed by atoms with Crippen LogP contribution in [0, 0.1) is 0 Å². The van der Waals surface area contributed by atoms with Crippen molar-refractivity contribution in [3.8, 4) is 0 Å². The summed E-state index contributed by atoms with van der Waals surface area (Å²) < 4.78 is 4.80. The number of aromatic carboxylic acids is 1. The maximum Gasteiger partial charge on any atom is 0.354 e. The minimum atomic E-state index is -1.13. The first-order valence-corrected chi connectivity index (χ1v) is 6.04. The van der Waals surface area contributed by atoms with Gasteiger partial charge >= 0.3 is 5.97 Å². The fourth-order valence-corrected chi connectivity index (χ4v) is 1.41. The molecular weight excluding hydrogens is 264 g/mol. The third-order valence-corrected chi connectivity index (χ3v) is 2.42. The number of rotatable bonds is 8. The summed E-state index contributed by atoms with van der Waals surface area (Å²) in [6.45, 7) is 1.21. The maximum absolute atomic E-state index is 11.4. The number of nitrogens with one attached hydrogen (secondary N) is 2. The van der Waals surface area contributed by atoms with Crippen LogP contribution in [-0.4, -0.2) is 48.8 Å². The van der Waals surface area contributed by atoms with Crippen LogP contribution in [-0.2, 0) is 9.53 Å². The van der Waals surface area contributed by atoms with Crippen LogP contribution in [0.25, 0.3) is 0 Å². The highest BCUT2D eigenvalue weighted by atomic mass is 16.5. The Hall–Kier alpha value is -2.35. The second-order valence-corrected chi connectivity index (χ2v) is 3.96. The fraction of sp³-hybridized carbons (Fsp3) is 0.417. The van der Waals surface area contributed by atoms with Crippen molar-refractivity contribution < 1.29 is 19.4 Å². The molecule has 1 aromatic rings. The zero-order valence-electron chi connectivity index (χ0n) is 11.2. The van der Waals surface area contributed by atoms with Gasteiger partial charge in [-0.3, -0.25) is 4.79 Å². The Kier molecular flexibility index (Phi) is 6.24. The van der Waals surface area contributed by atoms with Gasteiger partial charge in [-0.2, -0.15) is 0 Å². The van der Waals surface area contributed by atoms with Crippen LogP contribution in [0.3, 0.4) is 0 Å². The number of carbonyl (C=O) groups excluding carboxylic acids is 1. The second kappa shape index (κ2) is 7.95. The van der Waals surface area contributed by atoms with E-state index in [0.29, 0.717) is 25.4 Å². The quantitative estimate of drug-likeness (QED) is 0.491. The molecule has 1 aromatic heterocycles. The number of nitrogens with two attached hydrogens (primary N) is 1. The number of carboxylic acids is 1. The van der Waals surface area contributed by atoms with Gasteiger partial charge in [-0.25, -0.2) is 9.78 Å². The molecule has 1 rings (SSSR count). The SMILES string of the molecule is COCCNC(=O)CCNc1nc(C(=O)O)ccc1N. The minimum Gasteiger partial charge on any atom is -0.477 e. The molecule has 0 atom stereocenters. The van der Waals surface area contributed by atoms with Crippen LogP contribution in [0.1, 0.15) is 16.9 Å². The van der Waals surface area contributed by atoms with E-state index >= 15 is 0 Å². The lowest BCUT2D eigenvalue weighted by atomic mass is 10.3. The highest BCUT2D eigenvalue weighted by molar-refractivity contribution is 5.86. The van der Waals surface area contributed by atoms with E-state index in [0.717, 1.165) is 0 Å². The highest BCUT2D eigenvalue weighted by Crippen LogP contribution is 2.15. The van der Waals surface area contributed by atoms with Gasteiger partial charge in [0.1, 0.15) is 5.82 Å². The number of hydrogen-bond donors (Lipinski definition) is 4. The van der Waals surface area contributed by atoms with E-state index in [1.54, 1.807) is 7.11 Å². The number of amides is 1. The largest absolute Gasteiger partial charge is 0.477 e. The number of nitrogens with zero attached hydrogens (tertiary/aromatic N) is 1. The monoisotopic (exact) mass is 282 g/mol. The van der Waals surface area contributed by atoms with E-state index in [1.165, 1.54) is 12.1 Å². The van der Waals surface area contributed by atoms with Crippen molar-refractivity contribution in [2.45, 2.75) is 6.42 Å². The molecule has 8 nitrogen and oxygen atoms in total. The van der Waals surface area contributed by atoms with Crippen molar-refractivity contribution >= 4 is 23.4 Å². The number of nitrogen functional groups attached to an aromatic ring is 1. The van der Waals surface area contributed by atoms with Crippen molar-refractivity contribution in [2.24, 2.45) is 0 Å². The number of ether oxygens (including phenoxy) is 1. The maximum atomic E-state index is 11.4. The van der Waals surface area contributed by atoms with Gasteiger partial charge in [0.2, 0.25) is 5.91 Å². The number of carboxylic acid groups (broad SMARTS) is 1. The first-order chi connectivity index (χ1) is 9.54. The molecule has 0 unspecified atom stereocenters. The Bertz CT molecular complexity index is 479. The molecule has 0 radical (unpaired) electrons. The first kappa shape index (κ1) is 15.7. The molecule has 0 aromatic carbocycles. The van der Waals surface area contributed by atoms with Crippen LogP contribution in [0.15, 0.2) is 12.1 Å². The standard InChI is InChI=1S/C12H18N4O4/c1-20-7-6-14-10(17)4-5-15-11-8(13)2-3-9(16-11)12(18)19/h2-3H,4-7,13H2,1H3,(H,14,17)(H,15,16)(H,18,19). The van der Waals surface area contributed by atoms with Gasteiger partial charge < -0.3 is 26.2 Å². The smallest absolute Gasteiger partial charge is 0.354 e. The summed E-state index contributed by atoms with van der Waals surface area (Å²) in [5.74, 6) is -1.01. The normalized spacial score (nSPS) is 10.1. The van der Waals surface area contributed by atoms with E-state index < -0.39 is 5.97 Å². The second-order valence-electron chi connectivity index (χ2n) is 3.96. The Labute approximate surface area is 116 Å². The Morgan fingerprint density at radius 1 is 1.40 bits per heavy atom. The van der Waals surface area contributed by atoms with E-state index in [4.69, 9.17) is 15.6 Å². The topological polar surface area (TPSA) is 127 Å². The van der Waals surface area contributed by atoms with E-state index in [1.807, 2.05) is 0 Å². The molecular formula is C12H18N4O4. The molecule has 8 heteroatoms. The van der Waals surface area contributed by atoms with Crippen LogP contribution in [0.4, 0.5) is 11.5 Å². The Morgan fingerprint density at radius 2 is 2.15 bits per heavy atom. The van der Waals surface area contributed by atoms with Gasteiger partial charge in [0.05, 0.1) is 12.3 Å². The average Bonchev–Trinajstić information content (AvgIpc) is 2.41. The Morgan fingerprint density at radius 3 is 2.80 bits per heavy atom. The van der Waals surface area contributed by atoms with Crippen molar-refractivity contribution in [3.63, 3.8) is 0 Å². The molecule has 1 amide bonds. The number of methoxy groups -OCH3 is 1. The lowest BCUT2D eigenvalue weighted by Crippen LogP contribution is -2.28. The summed E-state index contributed by atoms with van der Waals surface area (Å²) in [7, 11) is 1.55. The molecule has 0 aliphatic heterocycles. The van der Waals surface area contributed by atoms with Gasteiger partial charge in [-0.15, -0.1) is 0 Å². The van der Waals surface area contributed by atoms with Gasteiger partial charge in [0.25, 0.3) is 0 Å². The van der Waals surface area contributed by atoms with Crippen LogP contribution in [0.5, 0.6) is 0 Å². The minimum absolute atomic E-state index is 0.105. The molecule has 0 spiro atoms. The van der Waals surface area contributed by atoms with Gasteiger partial charge in [-0.05, 0) is 12.1 Å². The zero-order chi connectivity index (χ0) is 15.0. The number of carbonyl (C=O) groups is 2. The van der Waals surface area contributed by atoms with E-state index in [-0.39, 0.29) is 23.8 Å². The van der Waals surface area contributed by atoms with Crippen molar-refractivity contribution in [3.05, 3.63) is 17.8 Å². The van der Waals surface area contributed by atoms with Gasteiger partial charge in [0.15, 0.2) is 5.69 Å². The van der Waals surface area contributed by atoms with Crippen molar-refractivity contribution in [1.82, 2.24) is 10.3 Å². The molecule has 0 saturated carbocycles. The number of hydrogen-bond acceptors (Lipinski definition) is 6. The Balaban J connectivity index is 2.43. The molecule has 20 heavy (non-hydrogen) atoms. The molecule has 1 heterocycles. The molecule has 0 aliphatic carbocycles. The summed E-state index contributed by atoms with van der Waals surface area (Å²) in [6, 6.07) is 2.78. The molecule has 110 valence electrons. The van der Waals surface area contributed by atoms with E-state index in [9.17, 15) is 9.59 Å². The van der Waals surface area contributed by atoms with Crippen LogP contribution < -0.4 is 16.4 Å². The third-order valence-electron chi connectivity index (χ3n) is 2.42. The van der Waals surface area contributed by atoms with Gasteiger partial charge in [-0.1, -0.05) is 0 Å². The van der Waals surface area contributed by atoms with Crippen LogP contribution >= 0.6 is 0 Å². The molecule has 5 N–H and O–H groups in total. The summed E-state index contributed by atoms with van der Waals surface area (Å²) in [4.78, 5) is 26.1. The third kappa shape index (κ3) is 5.11.